The average Bonchev–Trinajstić information content (AvgIpc) is 3.23. The minimum atomic E-state index is -3.59. The third kappa shape index (κ3) is 4.40. The number of piperidine rings is 1. The van der Waals surface area contributed by atoms with Crippen LogP contribution in [0.3, 0.4) is 0 Å². The molecule has 7 nitrogen and oxygen atoms in total. The van der Waals surface area contributed by atoms with Crippen LogP contribution in [-0.4, -0.2) is 42.9 Å². The lowest BCUT2D eigenvalue weighted by Crippen LogP contribution is -2.35. The Morgan fingerprint density at radius 1 is 1.16 bits per heavy atom. The molecule has 1 saturated heterocycles. The Kier molecular flexibility index (Phi) is 6.20. The summed E-state index contributed by atoms with van der Waals surface area (Å²) >= 11 is 0. The maximum absolute atomic E-state index is 12.9. The molecule has 8 heteroatoms. The van der Waals surface area contributed by atoms with E-state index >= 15 is 0 Å². The maximum atomic E-state index is 12.9. The fraction of sp³-hybridized carbons (Fsp3) is 0.304. The van der Waals surface area contributed by atoms with Gasteiger partial charge in [-0.3, -0.25) is 4.79 Å². The Hall–Kier alpha value is -2.97. The van der Waals surface area contributed by atoms with Crippen molar-refractivity contribution in [3.05, 3.63) is 65.4 Å². The van der Waals surface area contributed by atoms with Crippen molar-refractivity contribution in [1.29, 1.82) is 0 Å². The maximum Gasteiger partial charge on any atom is 0.271 e. The van der Waals surface area contributed by atoms with E-state index in [2.05, 4.69) is 28.5 Å². The van der Waals surface area contributed by atoms with Crippen LogP contribution >= 0.6 is 0 Å². The second-order valence-electron chi connectivity index (χ2n) is 7.63. The number of carbonyl (C=O) groups is 1. The Bertz CT molecular complexity index is 1220. The van der Waals surface area contributed by atoms with Crippen LogP contribution in [0, 0.1) is 0 Å². The molecule has 0 unspecified atom stereocenters. The van der Waals surface area contributed by atoms with E-state index in [0.29, 0.717) is 13.1 Å². The van der Waals surface area contributed by atoms with Crippen molar-refractivity contribution in [3.63, 3.8) is 0 Å². The number of aromatic amines is 1. The SMILES string of the molecule is CCc1cccc2c(/C=N/NC(=O)c3cccc(S(=O)(=O)N4CCCCC4)c3)c[nH]c12. The number of carbonyl (C=O) groups excluding carboxylic acids is 1. The molecule has 162 valence electrons. The van der Waals surface area contributed by atoms with Crippen LogP contribution < -0.4 is 5.43 Å². The number of aromatic nitrogens is 1. The molecular formula is C23H26N4O3S. The van der Waals surface area contributed by atoms with E-state index in [1.54, 1.807) is 18.3 Å². The summed E-state index contributed by atoms with van der Waals surface area (Å²) in [6, 6.07) is 12.2. The van der Waals surface area contributed by atoms with Crippen molar-refractivity contribution in [2.75, 3.05) is 13.1 Å². The number of hydrazone groups is 1. The van der Waals surface area contributed by atoms with Crippen LogP contribution in [0.25, 0.3) is 10.9 Å². The minimum Gasteiger partial charge on any atom is -0.360 e. The van der Waals surface area contributed by atoms with Crippen LogP contribution in [-0.2, 0) is 16.4 Å². The van der Waals surface area contributed by atoms with Crippen molar-refractivity contribution in [2.45, 2.75) is 37.5 Å². The summed E-state index contributed by atoms with van der Waals surface area (Å²) in [5, 5.41) is 5.11. The van der Waals surface area contributed by atoms with Gasteiger partial charge in [0.25, 0.3) is 5.91 Å². The molecule has 0 atom stereocenters. The second-order valence-corrected chi connectivity index (χ2v) is 9.57. The van der Waals surface area contributed by atoms with Crippen molar-refractivity contribution >= 4 is 33.0 Å². The van der Waals surface area contributed by atoms with Crippen molar-refractivity contribution < 1.29 is 13.2 Å². The summed E-state index contributed by atoms with van der Waals surface area (Å²) in [5.41, 5.74) is 5.90. The number of amides is 1. The lowest BCUT2D eigenvalue weighted by atomic mass is 10.1. The predicted octanol–water partition coefficient (Wildman–Crippen LogP) is 3.67. The summed E-state index contributed by atoms with van der Waals surface area (Å²) in [4.78, 5) is 15.9. The number of H-pyrrole nitrogens is 1. The molecule has 2 N–H and O–H groups in total. The first-order valence-electron chi connectivity index (χ1n) is 10.5. The average molecular weight is 439 g/mol. The van der Waals surface area contributed by atoms with Crippen molar-refractivity contribution in [1.82, 2.24) is 14.7 Å². The zero-order valence-electron chi connectivity index (χ0n) is 17.5. The van der Waals surface area contributed by atoms with Gasteiger partial charge in [-0.15, -0.1) is 0 Å². The first kappa shape index (κ1) is 21.3. The summed E-state index contributed by atoms with van der Waals surface area (Å²) in [6.45, 7) is 3.14. The summed E-state index contributed by atoms with van der Waals surface area (Å²) in [6.07, 6.45) is 7.13. The predicted molar refractivity (Wildman–Crippen MR) is 122 cm³/mol. The largest absolute Gasteiger partial charge is 0.360 e. The summed E-state index contributed by atoms with van der Waals surface area (Å²) in [7, 11) is -3.59. The van der Waals surface area contributed by atoms with Gasteiger partial charge in [-0.05, 0) is 43.0 Å². The Morgan fingerprint density at radius 3 is 2.71 bits per heavy atom. The number of fused-ring (bicyclic) bond motifs is 1. The van der Waals surface area contributed by atoms with Crippen molar-refractivity contribution in [3.8, 4) is 0 Å². The molecule has 31 heavy (non-hydrogen) atoms. The number of para-hydroxylation sites is 1. The van der Waals surface area contributed by atoms with Gasteiger partial charge in [0.2, 0.25) is 10.0 Å². The lowest BCUT2D eigenvalue weighted by Gasteiger charge is -2.25. The van der Waals surface area contributed by atoms with Gasteiger partial charge in [0.1, 0.15) is 0 Å². The van der Waals surface area contributed by atoms with E-state index < -0.39 is 15.9 Å². The Balaban J connectivity index is 1.49. The second kappa shape index (κ2) is 9.03. The first-order valence-corrected chi connectivity index (χ1v) is 12.0. The van der Waals surface area contributed by atoms with E-state index in [9.17, 15) is 13.2 Å². The summed E-state index contributed by atoms with van der Waals surface area (Å²) < 4.78 is 27.2. The molecule has 1 aliphatic rings. The number of rotatable bonds is 6. The molecule has 1 aromatic heterocycles. The number of nitrogens with zero attached hydrogens (tertiary/aromatic N) is 2. The number of hydrogen-bond acceptors (Lipinski definition) is 4. The van der Waals surface area contributed by atoms with Gasteiger partial charge < -0.3 is 4.98 Å². The molecule has 0 spiro atoms. The molecule has 0 bridgehead atoms. The number of nitrogens with one attached hydrogen (secondary N) is 2. The number of sulfonamides is 1. The van der Waals surface area contributed by atoms with Crippen molar-refractivity contribution in [2.24, 2.45) is 5.10 Å². The highest BCUT2D eigenvalue weighted by Crippen LogP contribution is 2.22. The van der Waals surface area contributed by atoms with Gasteiger partial charge in [0.05, 0.1) is 11.1 Å². The summed E-state index contributed by atoms with van der Waals surface area (Å²) in [5.74, 6) is -0.457. The lowest BCUT2D eigenvalue weighted by molar-refractivity contribution is 0.0955. The van der Waals surface area contributed by atoms with Crippen LogP contribution in [0.5, 0.6) is 0 Å². The molecule has 0 aliphatic carbocycles. The smallest absolute Gasteiger partial charge is 0.271 e. The molecule has 4 rings (SSSR count). The highest BCUT2D eigenvalue weighted by Gasteiger charge is 2.26. The van der Waals surface area contributed by atoms with Gasteiger partial charge in [-0.2, -0.15) is 9.41 Å². The van der Waals surface area contributed by atoms with Gasteiger partial charge >= 0.3 is 0 Å². The zero-order chi connectivity index (χ0) is 21.8. The molecule has 3 aromatic rings. The fourth-order valence-electron chi connectivity index (χ4n) is 3.92. The van der Waals surface area contributed by atoms with Crippen LogP contribution in [0.4, 0.5) is 0 Å². The monoisotopic (exact) mass is 438 g/mol. The first-order chi connectivity index (χ1) is 15.0. The zero-order valence-corrected chi connectivity index (χ0v) is 18.3. The third-order valence-corrected chi connectivity index (χ3v) is 7.53. The molecule has 1 aliphatic heterocycles. The van der Waals surface area contributed by atoms with Crippen LogP contribution in [0.1, 0.15) is 47.7 Å². The standard InChI is InChI=1S/C23H26N4O3S/c1-2-17-8-7-11-21-19(15-24-22(17)21)16-25-26-23(28)18-9-6-10-20(14-18)31(29,30)27-12-4-3-5-13-27/h6-11,14-16,24H,2-5,12-13H2,1H3,(H,26,28)/b25-16+. The number of aryl methyl sites for hydroxylation is 1. The Labute approximate surface area is 182 Å². The molecule has 0 radical (unpaired) electrons. The molecule has 1 fully saturated rings. The van der Waals surface area contributed by atoms with Gasteiger partial charge in [-0.25, -0.2) is 13.8 Å². The van der Waals surface area contributed by atoms with Gasteiger partial charge in [-0.1, -0.05) is 37.6 Å². The number of hydrogen-bond donors (Lipinski definition) is 2. The van der Waals surface area contributed by atoms with Gasteiger partial charge in [0.15, 0.2) is 0 Å². The van der Waals surface area contributed by atoms with Crippen LogP contribution in [0.15, 0.2) is 58.7 Å². The molecule has 0 saturated carbocycles. The third-order valence-electron chi connectivity index (χ3n) is 5.63. The molecule has 2 aromatic carbocycles. The van der Waals surface area contributed by atoms with E-state index in [1.165, 1.54) is 22.0 Å². The highest BCUT2D eigenvalue weighted by molar-refractivity contribution is 7.89. The van der Waals surface area contributed by atoms with E-state index in [1.807, 2.05) is 18.3 Å². The molecular weight excluding hydrogens is 412 g/mol. The van der Waals surface area contributed by atoms with Gasteiger partial charge in [0, 0.05) is 41.3 Å². The topological polar surface area (TPSA) is 94.6 Å². The van der Waals surface area contributed by atoms with E-state index in [-0.39, 0.29) is 10.5 Å². The molecule has 1 amide bonds. The van der Waals surface area contributed by atoms with Crippen LogP contribution in [0.2, 0.25) is 0 Å². The normalized spacial score (nSPS) is 15.5. The van der Waals surface area contributed by atoms with E-state index in [0.717, 1.165) is 42.1 Å². The molecule has 2 heterocycles. The Morgan fingerprint density at radius 2 is 1.94 bits per heavy atom. The minimum absolute atomic E-state index is 0.134. The number of benzene rings is 2. The highest BCUT2D eigenvalue weighted by atomic mass is 32.2. The van der Waals surface area contributed by atoms with E-state index in [4.69, 9.17) is 0 Å². The fourth-order valence-corrected chi connectivity index (χ4v) is 5.48. The quantitative estimate of drug-likeness (QED) is 0.454.